The molecule has 24 heavy (non-hydrogen) atoms. The van der Waals surface area contributed by atoms with Crippen LogP contribution in [0.1, 0.15) is 33.2 Å². The molecule has 0 bridgehead atoms. The van der Waals surface area contributed by atoms with Crippen LogP contribution >= 0.6 is 0 Å². The Kier molecular flexibility index (Phi) is 6.51. The Labute approximate surface area is 140 Å². The third kappa shape index (κ3) is 5.21. The summed E-state index contributed by atoms with van der Waals surface area (Å²) in [4.78, 5) is 23.6. The fourth-order valence-corrected chi connectivity index (χ4v) is 2.01. The van der Waals surface area contributed by atoms with Crippen LogP contribution in [0.15, 0.2) is 54.6 Å². The summed E-state index contributed by atoms with van der Waals surface area (Å²) in [6, 6.07) is 15.5. The quantitative estimate of drug-likeness (QED) is 0.791. The number of carbonyl (C=O) groups excluding carboxylic acids is 2. The number of esters is 2. The minimum Gasteiger partial charge on any atom is -0.459 e. The van der Waals surface area contributed by atoms with Crippen LogP contribution in [0.3, 0.4) is 0 Å². The molecule has 2 aromatic rings. The Bertz CT molecular complexity index is 664. The number of benzene rings is 2. The van der Waals surface area contributed by atoms with Gasteiger partial charge in [-0.25, -0.2) is 9.59 Å². The average Bonchev–Trinajstić information content (AvgIpc) is 2.64. The Morgan fingerprint density at radius 1 is 0.875 bits per heavy atom. The van der Waals surface area contributed by atoms with Gasteiger partial charge in [-0.3, -0.25) is 0 Å². The second kappa shape index (κ2) is 8.84. The third-order valence-corrected chi connectivity index (χ3v) is 3.42. The van der Waals surface area contributed by atoms with E-state index in [9.17, 15) is 14.7 Å². The van der Waals surface area contributed by atoms with E-state index in [-0.39, 0.29) is 13.2 Å². The molecule has 2 rings (SSSR count). The Hall–Kier alpha value is -2.66. The van der Waals surface area contributed by atoms with Crippen LogP contribution in [0.2, 0.25) is 0 Å². The fourth-order valence-electron chi connectivity index (χ4n) is 2.01. The standard InChI is InChI=1S/C19H20O5/c1-2-14-8-10-16(11-9-14)19(22)24-13-17(20)12-23-18(21)15-6-4-3-5-7-15/h3-11,17,20H,2,12-13H2,1H3. The van der Waals surface area contributed by atoms with E-state index in [4.69, 9.17) is 9.47 Å². The number of rotatable bonds is 7. The molecule has 0 amide bonds. The Morgan fingerprint density at radius 2 is 1.38 bits per heavy atom. The lowest BCUT2D eigenvalue weighted by Gasteiger charge is -2.12. The van der Waals surface area contributed by atoms with Crippen molar-refractivity contribution in [1.82, 2.24) is 0 Å². The third-order valence-electron chi connectivity index (χ3n) is 3.42. The number of aliphatic hydroxyl groups excluding tert-OH is 1. The monoisotopic (exact) mass is 328 g/mol. The van der Waals surface area contributed by atoms with Crippen molar-refractivity contribution in [3.8, 4) is 0 Å². The van der Waals surface area contributed by atoms with Crippen molar-refractivity contribution in [2.45, 2.75) is 19.4 Å². The van der Waals surface area contributed by atoms with Crippen LogP contribution < -0.4 is 0 Å². The van der Waals surface area contributed by atoms with Crippen molar-refractivity contribution < 1.29 is 24.2 Å². The highest BCUT2D eigenvalue weighted by molar-refractivity contribution is 5.89. The molecule has 0 heterocycles. The van der Waals surface area contributed by atoms with E-state index in [0.717, 1.165) is 12.0 Å². The summed E-state index contributed by atoms with van der Waals surface area (Å²) in [6.07, 6.45) is -0.183. The van der Waals surface area contributed by atoms with E-state index in [2.05, 4.69) is 0 Å². The molecule has 126 valence electrons. The van der Waals surface area contributed by atoms with Crippen LogP contribution in [0, 0.1) is 0 Å². The summed E-state index contributed by atoms with van der Waals surface area (Å²) < 4.78 is 10.00. The van der Waals surface area contributed by atoms with Gasteiger partial charge in [0, 0.05) is 0 Å². The summed E-state index contributed by atoms with van der Waals surface area (Å²) in [5.74, 6) is -1.05. The number of ether oxygens (including phenoxy) is 2. The molecule has 0 saturated heterocycles. The molecule has 1 unspecified atom stereocenters. The molecule has 0 saturated carbocycles. The van der Waals surface area contributed by atoms with Crippen LogP contribution in [0.25, 0.3) is 0 Å². The average molecular weight is 328 g/mol. The van der Waals surface area contributed by atoms with E-state index in [0.29, 0.717) is 11.1 Å². The predicted octanol–water partition coefficient (Wildman–Crippen LogP) is 2.62. The molecule has 0 aromatic heterocycles. The first-order valence-electron chi connectivity index (χ1n) is 7.76. The van der Waals surface area contributed by atoms with Gasteiger partial charge in [0.15, 0.2) is 0 Å². The molecule has 0 aliphatic rings. The van der Waals surface area contributed by atoms with Gasteiger partial charge in [-0.05, 0) is 36.2 Å². The maximum absolute atomic E-state index is 11.9. The molecule has 0 fully saturated rings. The van der Waals surface area contributed by atoms with Crippen LogP contribution in [-0.4, -0.2) is 36.4 Å². The summed E-state index contributed by atoms with van der Waals surface area (Å²) >= 11 is 0. The normalized spacial score (nSPS) is 11.6. The second-order valence-corrected chi connectivity index (χ2v) is 5.27. The van der Waals surface area contributed by atoms with E-state index in [1.54, 1.807) is 42.5 Å². The Morgan fingerprint density at radius 3 is 1.88 bits per heavy atom. The zero-order valence-electron chi connectivity index (χ0n) is 13.5. The molecule has 5 heteroatoms. The lowest BCUT2D eigenvalue weighted by Crippen LogP contribution is -2.25. The highest BCUT2D eigenvalue weighted by Gasteiger charge is 2.14. The van der Waals surface area contributed by atoms with E-state index in [1.807, 2.05) is 19.1 Å². The van der Waals surface area contributed by atoms with Crippen LogP contribution in [-0.2, 0) is 15.9 Å². The fraction of sp³-hybridized carbons (Fsp3) is 0.263. The Balaban J connectivity index is 1.75. The van der Waals surface area contributed by atoms with Crippen molar-refractivity contribution in [2.24, 2.45) is 0 Å². The van der Waals surface area contributed by atoms with E-state index >= 15 is 0 Å². The number of aliphatic hydroxyl groups is 1. The molecule has 1 atom stereocenters. The highest BCUT2D eigenvalue weighted by Crippen LogP contribution is 2.07. The zero-order chi connectivity index (χ0) is 17.4. The minimum atomic E-state index is -1.07. The molecule has 0 spiro atoms. The molecular weight excluding hydrogens is 308 g/mol. The van der Waals surface area contributed by atoms with Crippen molar-refractivity contribution in [3.05, 3.63) is 71.3 Å². The summed E-state index contributed by atoms with van der Waals surface area (Å²) in [6.45, 7) is 1.55. The molecule has 0 radical (unpaired) electrons. The van der Waals surface area contributed by atoms with Gasteiger partial charge in [-0.15, -0.1) is 0 Å². The van der Waals surface area contributed by atoms with Gasteiger partial charge in [0.25, 0.3) is 0 Å². The minimum absolute atomic E-state index is 0.240. The molecule has 2 aromatic carbocycles. The molecule has 0 aliphatic carbocycles. The lowest BCUT2D eigenvalue weighted by atomic mass is 10.1. The summed E-state index contributed by atoms with van der Waals surface area (Å²) in [5, 5.41) is 9.77. The van der Waals surface area contributed by atoms with Gasteiger partial charge >= 0.3 is 11.9 Å². The van der Waals surface area contributed by atoms with Crippen molar-refractivity contribution in [1.29, 1.82) is 0 Å². The van der Waals surface area contributed by atoms with Crippen molar-refractivity contribution in [3.63, 3.8) is 0 Å². The SMILES string of the molecule is CCc1ccc(C(=O)OCC(O)COC(=O)c2ccccc2)cc1. The largest absolute Gasteiger partial charge is 0.459 e. The van der Waals surface area contributed by atoms with Gasteiger partial charge in [0.2, 0.25) is 0 Å². The van der Waals surface area contributed by atoms with Gasteiger partial charge in [-0.1, -0.05) is 37.3 Å². The van der Waals surface area contributed by atoms with Gasteiger partial charge in [0.1, 0.15) is 19.3 Å². The van der Waals surface area contributed by atoms with Gasteiger partial charge < -0.3 is 14.6 Å². The summed E-state index contributed by atoms with van der Waals surface area (Å²) in [5.41, 5.74) is 1.94. The maximum atomic E-state index is 11.9. The molecular formula is C19H20O5. The number of hydrogen-bond donors (Lipinski definition) is 1. The highest BCUT2D eigenvalue weighted by atomic mass is 16.6. The summed E-state index contributed by atoms with van der Waals surface area (Å²) in [7, 11) is 0. The van der Waals surface area contributed by atoms with E-state index < -0.39 is 18.0 Å². The van der Waals surface area contributed by atoms with Crippen LogP contribution in [0.4, 0.5) is 0 Å². The molecule has 5 nitrogen and oxygen atoms in total. The van der Waals surface area contributed by atoms with E-state index in [1.165, 1.54) is 0 Å². The second-order valence-electron chi connectivity index (χ2n) is 5.27. The topological polar surface area (TPSA) is 72.8 Å². The number of aryl methyl sites for hydroxylation is 1. The van der Waals surface area contributed by atoms with Gasteiger partial charge in [-0.2, -0.15) is 0 Å². The van der Waals surface area contributed by atoms with Crippen LogP contribution in [0.5, 0.6) is 0 Å². The smallest absolute Gasteiger partial charge is 0.338 e. The van der Waals surface area contributed by atoms with Crippen molar-refractivity contribution >= 4 is 11.9 Å². The first-order chi connectivity index (χ1) is 11.6. The van der Waals surface area contributed by atoms with Gasteiger partial charge in [0.05, 0.1) is 11.1 Å². The first-order valence-corrected chi connectivity index (χ1v) is 7.76. The first kappa shape index (κ1) is 17.7. The maximum Gasteiger partial charge on any atom is 0.338 e. The number of carbonyl (C=O) groups is 2. The number of hydrogen-bond acceptors (Lipinski definition) is 5. The molecule has 0 aliphatic heterocycles. The molecule has 1 N–H and O–H groups in total. The lowest BCUT2D eigenvalue weighted by molar-refractivity contribution is -0.00469. The van der Waals surface area contributed by atoms with Crippen molar-refractivity contribution in [2.75, 3.05) is 13.2 Å². The zero-order valence-corrected chi connectivity index (χ0v) is 13.5. The predicted molar refractivity (Wildman–Crippen MR) is 88.8 cm³/mol.